The average Bonchev–Trinajstić information content (AvgIpc) is 3.29. The molecule has 0 aliphatic rings. The molecule has 7 aromatic rings. The summed E-state index contributed by atoms with van der Waals surface area (Å²) in [5.74, 6) is -1.20. The molecule has 1 atom stereocenters. The molecular formula is C50H39N4O8P. The minimum atomic E-state index is -3.85. The van der Waals surface area contributed by atoms with E-state index in [1.807, 2.05) is 36.4 Å². The molecule has 0 aliphatic carbocycles. The quantitative estimate of drug-likeness (QED) is 0.0585. The second-order valence-corrected chi connectivity index (χ2v) is 17.0. The van der Waals surface area contributed by atoms with Gasteiger partial charge in [-0.15, -0.1) is 0 Å². The van der Waals surface area contributed by atoms with Crippen molar-refractivity contribution >= 4 is 64.8 Å². The van der Waals surface area contributed by atoms with E-state index in [1.165, 1.54) is 19.2 Å². The molecule has 2 N–H and O–H groups in total. The fourth-order valence-corrected chi connectivity index (χ4v) is 9.95. The van der Waals surface area contributed by atoms with Crippen LogP contribution in [0.3, 0.4) is 0 Å². The van der Waals surface area contributed by atoms with E-state index < -0.39 is 25.2 Å². The topological polar surface area (TPSA) is 162 Å². The lowest BCUT2D eigenvalue weighted by atomic mass is 10.0. The van der Waals surface area contributed by atoms with Gasteiger partial charge in [-0.25, -0.2) is 19.2 Å². The van der Waals surface area contributed by atoms with Crippen molar-refractivity contribution < 1.29 is 38.0 Å². The van der Waals surface area contributed by atoms with Crippen molar-refractivity contribution in [1.29, 1.82) is 0 Å². The van der Waals surface area contributed by atoms with Crippen molar-refractivity contribution in [3.8, 4) is 11.5 Å². The van der Waals surface area contributed by atoms with Crippen LogP contribution in [-0.2, 0) is 31.7 Å². The summed E-state index contributed by atoms with van der Waals surface area (Å²) in [7, 11) is -2.45. The van der Waals surface area contributed by atoms with Gasteiger partial charge in [0.1, 0.15) is 0 Å². The molecule has 0 saturated heterocycles. The molecule has 63 heavy (non-hydrogen) atoms. The SMILES string of the molecule is COc1cc(C(OC(=O)Nc2cccc(Cc3cccc(N=C=O)c3)c2)P(=O)(c2ccccc2)c2ccccc2)ccc1OC(=O)Nc1cccc(Cc2cccc(N=C=O)c2)c1. The van der Waals surface area contributed by atoms with E-state index in [0.29, 0.717) is 51.8 Å². The van der Waals surface area contributed by atoms with Gasteiger partial charge in [0.15, 0.2) is 24.5 Å². The summed E-state index contributed by atoms with van der Waals surface area (Å²) in [6, 6.07) is 51.0. The fourth-order valence-electron chi connectivity index (χ4n) is 7.05. The standard InChI is InChI=1S/C50H39N4O8P/c1-60-47-32-39(24-25-46(47)61-49(57)53-42-18-10-14-37(30-42)26-35-12-8-16-40(28-35)51-33-55)48(63(59,44-20-4-2-5-21-44)45-22-6-3-7-23-45)62-50(58)54-43-19-11-15-38(31-43)27-36-13-9-17-41(29-36)52-34-56/h2-25,28-32,48H,26-27H2,1H3,(H,53,57)(H,54,58). The Balaban J connectivity index is 1.15. The number of anilines is 2. The number of aliphatic imine (C=N–C) groups is 2. The predicted octanol–water partition coefficient (Wildman–Crippen LogP) is 10.7. The highest BCUT2D eigenvalue weighted by Crippen LogP contribution is 2.58. The summed E-state index contributed by atoms with van der Waals surface area (Å²) in [5.41, 5.74) is 5.76. The zero-order valence-corrected chi connectivity index (χ0v) is 34.7. The van der Waals surface area contributed by atoms with Crippen LogP contribution in [0.5, 0.6) is 11.5 Å². The Hall–Kier alpha value is -8.13. The maximum Gasteiger partial charge on any atom is 0.417 e. The van der Waals surface area contributed by atoms with Gasteiger partial charge in [-0.2, -0.15) is 9.98 Å². The molecule has 0 heterocycles. The molecule has 0 bridgehead atoms. The van der Waals surface area contributed by atoms with E-state index in [4.69, 9.17) is 14.2 Å². The van der Waals surface area contributed by atoms with Crippen molar-refractivity contribution in [1.82, 2.24) is 0 Å². The van der Waals surface area contributed by atoms with E-state index in [-0.39, 0.29) is 11.5 Å². The highest BCUT2D eigenvalue weighted by molar-refractivity contribution is 7.78. The number of methoxy groups -OCH3 is 1. The molecule has 312 valence electrons. The van der Waals surface area contributed by atoms with Gasteiger partial charge >= 0.3 is 12.2 Å². The van der Waals surface area contributed by atoms with E-state index in [1.54, 1.807) is 140 Å². The van der Waals surface area contributed by atoms with E-state index in [9.17, 15) is 19.2 Å². The van der Waals surface area contributed by atoms with Crippen molar-refractivity contribution in [2.75, 3.05) is 17.7 Å². The Morgan fingerprint density at radius 1 is 0.556 bits per heavy atom. The van der Waals surface area contributed by atoms with Crippen LogP contribution in [0.1, 0.15) is 33.7 Å². The first-order valence-corrected chi connectivity index (χ1v) is 21.4. The largest absolute Gasteiger partial charge is 0.493 e. The zero-order valence-electron chi connectivity index (χ0n) is 33.8. The van der Waals surface area contributed by atoms with E-state index >= 15 is 4.57 Å². The number of nitrogens with zero attached hydrogens (tertiary/aromatic N) is 2. The molecule has 2 amide bonds. The Morgan fingerprint density at radius 3 is 1.52 bits per heavy atom. The molecule has 7 aromatic carbocycles. The van der Waals surface area contributed by atoms with Crippen LogP contribution >= 0.6 is 7.14 Å². The van der Waals surface area contributed by atoms with Gasteiger partial charge in [0.05, 0.1) is 18.5 Å². The lowest BCUT2D eigenvalue weighted by molar-refractivity contribution is 0.146. The van der Waals surface area contributed by atoms with Crippen molar-refractivity contribution in [2.45, 2.75) is 18.7 Å². The smallest absolute Gasteiger partial charge is 0.417 e. The number of carbonyl (C=O) groups excluding carboxylic acids is 4. The molecule has 0 spiro atoms. The highest BCUT2D eigenvalue weighted by Gasteiger charge is 2.41. The van der Waals surface area contributed by atoms with Crippen LogP contribution in [-0.4, -0.2) is 31.5 Å². The minimum absolute atomic E-state index is 0.0558. The molecule has 0 fully saturated rings. The first kappa shape index (κ1) is 43.0. The second kappa shape index (κ2) is 20.4. The maximum atomic E-state index is 15.8. The van der Waals surface area contributed by atoms with Gasteiger partial charge in [0.2, 0.25) is 12.2 Å². The molecule has 0 radical (unpaired) electrons. The fraction of sp³-hybridized carbons (Fsp3) is 0.0800. The predicted molar refractivity (Wildman–Crippen MR) is 242 cm³/mol. The molecule has 0 aliphatic heterocycles. The van der Waals surface area contributed by atoms with Crippen LogP contribution in [0.2, 0.25) is 0 Å². The van der Waals surface area contributed by atoms with Crippen LogP contribution in [0.15, 0.2) is 186 Å². The Labute approximate surface area is 363 Å². The number of ether oxygens (including phenoxy) is 3. The molecule has 0 aromatic heterocycles. The van der Waals surface area contributed by atoms with Crippen molar-refractivity contribution in [3.63, 3.8) is 0 Å². The third kappa shape index (κ3) is 11.0. The second-order valence-electron chi connectivity index (χ2n) is 14.1. The average molecular weight is 855 g/mol. The molecule has 1 unspecified atom stereocenters. The highest BCUT2D eigenvalue weighted by atomic mass is 31.2. The molecule has 13 heteroatoms. The summed E-state index contributed by atoms with van der Waals surface area (Å²) in [4.78, 5) is 56.2. The van der Waals surface area contributed by atoms with Gasteiger partial charge < -0.3 is 18.8 Å². The van der Waals surface area contributed by atoms with Crippen LogP contribution in [0.4, 0.5) is 32.3 Å². The Kier molecular flexibility index (Phi) is 13.9. The lowest BCUT2D eigenvalue weighted by Gasteiger charge is -2.29. The van der Waals surface area contributed by atoms with Gasteiger partial charge in [-0.05, 0) is 95.8 Å². The Bertz CT molecular complexity index is 2850. The van der Waals surface area contributed by atoms with Gasteiger partial charge in [-0.1, -0.05) is 115 Å². The minimum Gasteiger partial charge on any atom is -0.493 e. The number of hydrogen-bond donors (Lipinski definition) is 2. The summed E-state index contributed by atoms with van der Waals surface area (Å²) in [6.45, 7) is 0. The number of hydrogen-bond acceptors (Lipinski definition) is 10. The number of rotatable bonds is 15. The van der Waals surface area contributed by atoms with Gasteiger partial charge in [0.25, 0.3) is 0 Å². The van der Waals surface area contributed by atoms with Crippen LogP contribution in [0, 0.1) is 0 Å². The first-order valence-electron chi connectivity index (χ1n) is 19.6. The van der Waals surface area contributed by atoms with Gasteiger partial charge in [0, 0.05) is 27.5 Å². The van der Waals surface area contributed by atoms with Crippen LogP contribution < -0.4 is 30.7 Å². The summed E-state index contributed by atoms with van der Waals surface area (Å²) >= 11 is 0. The third-order valence-corrected chi connectivity index (χ3v) is 13.0. The molecule has 7 rings (SSSR count). The number of amides is 2. The summed E-state index contributed by atoms with van der Waals surface area (Å²) < 4.78 is 33.5. The zero-order chi connectivity index (χ0) is 44.0. The molecule has 12 nitrogen and oxygen atoms in total. The maximum absolute atomic E-state index is 15.8. The van der Waals surface area contributed by atoms with Crippen molar-refractivity contribution in [2.24, 2.45) is 9.98 Å². The Morgan fingerprint density at radius 2 is 1.03 bits per heavy atom. The number of carbonyl (C=O) groups is 2. The monoisotopic (exact) mass is 854 g/mol. The number of isocyanates is 2. The lowest BCUT2D eigenvalue weighted by Crippen LogP contribution is -2.26. The first-order chi connectivity index (χ1) is 30.7. The number of nitrogens with one attached hydrogen (secondary N) is 2. The van der Waals surface area contributed by atoms with E-state index in [2.05, 4.69) is 20.6 Å². The molecule has 0 saturated carbocycles. The normalized spacial score (nSPS) is 11.2. The summed E-state index contributed by atoms with van der Waals surface area (Å²) in [5, 5.41) is 6.45. The van der Waals surface area contributed by atoms with Gasteiger partial charge in [-0.3, -0.25) is 10.6 Å². The summed E-state index contributed by atoms with van der Waals surface area (Å²) in [6.07, 6.45) is 2.45. The van der Waals surface area contributed by atoms with E-state index in [0.717, 1.165) is 22.3 Å². The molecular weight excluding hydrogens is 816 g/mol. The van der Waals surface area contributed by atoms with Crippen molar-refractivity contribution in [3.05, 3.63) is 204 Å². The third-order valence-electron chi connectivity index (χ3n) is 9.84. The van der Waals surface area contributed by atoms with Crippen LogP contribution in [0.25, 0.3) is 0 Å². The number of benzene rings is 7.